The van der Waals surface area contributed by atoms with E-state index in [1.54, 1.807) is 18.2 Å². The highest BCUT2D eigenvalue weighted by atomic mass is 32.2. The Morgan fingerprint density at radius 1 is 1.10 bits per heavy atom. The van der Waals surface area contributed by atoms with Gasteiger partial charge in [0.15, 0.2) is 11.5 Å². The molecular weight excluding hydrogens is 297 g/mol. The summed E-state index contributed by atoms with van der Waals surface area (Å²) in [7, 11) is -3.76. The monoisotopic (exact) mass is 309 g/mol. The topological polar surface area (TPSA) is 64.6 Å². The van der Waals surface area contributed by atoms with Crippen LogP contribution in [0.2, 0.25) is 0 Å². The van der Waals surface area contributed by atoms with Gasteiger partial charge in [-0.25, -0.2) is 17.5 Å². The maximum atomic E-state index is 13.1. The van der Waals surface area contributed by atoms with E-state index in [2.05, 4.69) is 4.72 Å². The van der Waals surface area contributed by atoms with Crippen LogP contribution in [0.1, 0.15) is 5.56 Å². The molecule has 0 aromatic heterocycles. The van der Waals surface area contributed by atoms with Crippen molar-refractivity contribution in [2.45, 2.75) is 11.4 Å². The number of halogens is 1. The lowest BCUT2D eigenvalue weighted by molar-refractivity contribution is 0.174. The van der Waals surface area contributed by atoms with Crippen LogP contribution in [-0.2, 0) is 16.6 Å². The van der Waals surface area contributed by atoms with Crippen molar-refractivity contribution in [1.82, 2.24) is 4.72 Å². The smallest absolute Gasteiger partial charge is 0.240 e. The van der Waals surface area contributed by atoms with Crippen LogP contribution in [0.4, 0.5) is 4.39 Å². The van der Waals surface area contributed by atoms with E-state index in [0.717, 1.165) is 11.6 Å². The summed E-state index contributed by atoms with van der Waals surface area (Å²) >= 11 is 0. The summed E-state index contributed by atoms with van der Waals surface area (Å²) in [5.74, 6) is 0.616. The van der Waals surface area contributed by atoms with Crippen LogP contribution in [0.25, 0.3) is 0 Å². The van der Waals surface area contributed by atoms with Gasteiger partial charge in [-0.15, -0.1) is 0 Å². The summed E-state index contributed by atoms with van der Waals surface area (Å²) in [6, 6.07) is 10.0. The molecule has 0 fully saturated rings. The van der Waals surface area contributed by atoms with Gasteiger partial charge in [-0.2, -0.15) is 0 Å². The molecule has 110 valence electrons. The highest BCUT2D eigenvalue weighted by molar-refractivity contribution is 7.89. The Morgan fingerprint density at radius 2 is 1.90 bits per heavy atom. The molecule has 2 aromatic carbocycles. The molecule has 1 aliphatic heterocycles. The maximum Gasteiger partial charge on any atom is 0.240 e. The van der Waals surface area contributed by atoms with E-state index in [9.17, 15) is 12.8 Å². The summed E-state index contributed by atoms with van der Waals surface area (Å²) in [4.78, 5) is -0.108. The molecule has 1 N–H and O–H groups in total. The number of hydrogen-bond donors (Lipinski definition) is 1. The molecule has 21 heavy (non-hydrogen) atoms. The molecule has 2 aromatic rings. The molecule has 0 atom stereocenters. The average molecular weight is 309 g/mol. The summed E-state index contributed by atoms with van der Waals surface area (Å²) in [6.07, 6.45) is 0. The molecule has 1 heterocycles. The second kappa shape index (κ2) is 5.34. The Balaban J connectivity index is 1.75. The summed E-state index contributed by atoms with van der Waals surface area (Å²) in [5.41, 5.74) is 0.722. The first-order valence-corrected chi connectivity index (χ1v) is 7.67. The van der Waals surface area contributed by atoms with Gasteiger partial charge in [-0.1, -0.05) is 12.1 Å². The van der Waals surface area contributed by atoms with E-state index in [1.807, 2.05) is 0 Å². The fraction of sp³-hybridized carbons (Fsp3) is 0.143. The van der Waals surface area contributed by atoms with Crippen LogP contribution in [0, 0.1) is 5.82 Å². The van der Waals surface area contributed by atoms with E-state index in [1.165, 1.54) is 18.2 Å². The van der Waals surface area contributed by atoms with Gasteiger partial charge in [0.1, 0.15) is 5.82 Å². The van der Waals surface area contributed by atoms with E-state index in [-0.39, 0.29) is 18.2 Å². The minimum atomic E-state index is -3.76. The van der Waals surface area contributed by atoms with Crippen molar-refractivity contribution in [3.8, 4) is 11.5 Å². The van der Waals surface area contributed by atoms with Gasteiger partial charge < -0.3 is 9.47 Å². The molecule has 0 saturated carbocycles. The highest BCUT2D eigenvalue weighted by Gasteiger charge is 2.16. The lowest BCUT2D eigenvalue weighted by Crippen LogP contribution is -2.23. The molecule has 1 aliphatic rings. The molecule has 0 saturated heterocycles. The van der Waals surface area contributed by atoms with Crippen molar-refractivity contribution >= 4 is 10.0 Å². The average Bonchev–Trinajstić information content (AvgIpc) is 2.93. The van der Waals surface area contributed by atoms with Gasteiger partial charge in [0, 0.05) is 6.54 Å². The van der Waals surface area contributed by atoms with Crippen molar-refractivity contribution in [3.05, 3.63) is 53.8 Å². The first-order valence-electron chi connectivity index (χ1n) is 6.18. The number of benzene rings is 2. The Morgan fingerprint density at radius 3 is 2.71 bits per heavy atom. The molecule has 0 aliphatic carbocycles. The van der Waals surface area contributed by atoms with Crippen LogP contribution in [0.15, 0.2) is 47.4 Å². The number of rotatable bonds is 4. The number of sulfonamides is 1. The summed E-state index contributed by atoms with van der Waals surface area (Å²) < 4.78 is 50.0. The van der Waals surface area contributed by atoms with Gasteiger partial charge in [0.05, 0.1) is 4.90 Å². The number of fused-ring (bicyclic) bond motifs is 1. The molecule has 0 radical (unpaired) electrons. The molecular formula is C14H12FNO4S. The van der Waals surface area contributed by atoms with Crippen LogP contribution < -0.4 is 14.2 Å². The second-order valence-corrected chi connectivity index (χ2v) is 6.24. The predicted molar refractivity (Wildman–Crippen MR) is 73.0 cm³/mol. The third kappa shape index (κ3) is 2.98. The quantitative estimate of drug-likeness (QED) is 0.938. The normalized spacial score (nSPS) is 13.4. The van der Waals surface area contributed by atoms with Crippen molar-refractivity contribution in [2.75, 3.05) is 6.79 Å². The molecule has 0 spiro atoms. The number of ether oxygens (including phenoxy) is 2. The zero-order valence-electron chi connectivity index (χ0n) is 10.9. The molecule has 0 unspecified atom stereocenters. The van der Waals surface area contributed by atoms with Crippen molar-refractivity contribution in [1.29, 1.82) is 0 Å². The van der Waals surface area contributed by atoms with Crippen molar-refractivity contribution in [3.63, 3.8) is 0 Å². The number of nitrogens with one attached hydrogen (secondary N) is 1. The lowest BCUT2D eigenvalue weighted by atomic mass is 10.2. The van der Waals surface area contributed by atoms with E-state index in [4.69, 9.17) is 9.47 Å². The van der Waals surface area contributed by atoms with Gasteiger partial charge in [0.25, 0.3) is 0 Å². The SMILES string of the molecule is O=S(=O)(NCc1ccc2c(c1)OCO2)c1cccc(F)c1. The second-order valence-electron chi connectivity index (χ2n) is 4.47. The van der Waals surface area contributed by atoms with Gasteiger partial charge >= 0.3 is 0 Å². The molecule has 7 heteroatoms. The zero-order chi connectivity index (χ0) is 14.9. The Bertz CT molecular complexity index is 776. The van der Waals surface area contributed by atoms with Gasteiger partial charge in [-0.05, 0) is 35.9 Å². The van der Waals surface area contributed by atoms with Gasteiger partial charge in [0.2, 0.25) is 16.8 Å². The van der Waals surface area contributed by atoms with Crippen LogP contribution >= 0.6 is 0 Å². The fourth-order valence-corrected chi connectivity index (χ4v) is 3.00. The summed E-state index contributed by atoms with van der Waals surface area (Å²) in [5, 5.41) is 0. The van der Waals surface area contributed by atoms with Crippen LogP contribution in [0.5, 0.6) is 11.5 Å². The van der Waals surface area contributed by atoms with Crippen molar-refractivity contribution in [2.24, 2.45) is 0 Å². The Kier molecular flexibility index (Phi) is 3.52. The fourth-order valence-electron chi connectivity index (χ4n) is 1.95. The molecule has 0 amide bonds. The third-order valence-corrected chi connectivity index (χ3v) is 4.41. The van der Waals surface area contributed by atoms with E-state index in [0.29, 0.717) is 11.5 Å². The molecule has 0 bridgehead atoms. The standard InChI is InChI=1S/C14H12FNO4S/c15-11-2-1-3-12(7-11)21(17,18)16-8-10-4-5-13-14(6-10)20-9-19-13/h1-7,16H,8-9H2. The first kappa shape index (κ1) is 13.8. The van der Waals surface area contributed by atoms with Crippen molar-refractivity contribution < 1.29 is 22.3 Å². The minimum Gasteiger partial charge on any atom is -0.454 e. The number of hydrogen-bond acceptors (Lipinski definition) is 4. The van der Waals surface area contributed by atoms with Gasteiger partial charge in [-0.3, -0.25) is 0 Å². The minimum absolute atomic E-state index is 0.0789. The zero-order valence-corrected chi connectivity index (χ0v) is 11.7. The third-order valence-electron chi connectivity index (χ3n) is 3.01. The predicted octanol–water partition coefficient (Wildman–Crippen LogP) is 2.03. The van der Waals surface area contributed by atoms with E-state index < -0.39 is 15.8 Å². The largest absolute Gasteiger partial charge is 0.454 e. The highest BCUT2D eigenvalue weighted by Crippen LogP contribution is 2.32. The Hall–Kier alpha value is -2.12. The van der Waals surface area contributed by atoms with E-state index >= 15 is 0 Å². The van der Waals surface area contributed by atoms with Crippen LogP contribution in [-0.4, -0.2) is 15.2 Å². The maximum absolute atomic E-state index is 13.1. The lowest BCUT2D eigenvalue weighted by Gasteiger charge is -2.07. The molecule has 3 rings (SSSR count). The summed E-state index contributed by atoms with van der Waals surface area (Å²) in [6.45, 7) is 0.239. The van der Waals surface area contributed by atoms with Crippen LogP contribution in [0.3, 0.4) is 0 Å². The molecule has 5 nitrogen and oxygen atoms in total. The first-order chi connectivity index (χ1) is 10.0. The Labute approximate surface area is 121 Å².